The Labute approximate surface area is 128 Å². The van der Waals surface area contributed by atoms with E-state index in [4.69, 9.17) is 9.26 Å². The quantitative estimate of drug-likeness (QED) is 0.682. The zero-order chi connectivity index (χ0) is 15.4. The molecule has 22 heavy (non-hydrogen) atoms. The van der Waals surface area contributed by atoms with E-state index in [0.717, 1.165) is 5.56 Å². The van der Waals surface area contributed by atoms with Gasteiger partial charge >= 0.3 is 5.97 Å². The second-order valence-electron chi connectivity index (χ2n) is 4.99. The minimum atomic E-state index is -0.375. The molecular formula is C18H15NO3. The van der Waals surface area contributed by atoms with Gasteiger partial charge in [-0.15, -0.1) is 0 Å². The average molecular weight is 293 g/mol. The average Bonchev–Trinajstić information content (AvgIpc) is 3.03. The van der Waals surface area contributed by atoms with E-state index in [-0.39, 0.29) is 12.6 Å². The number of aromatic nitrogens is 1. The molecule has 0 atom stereocenters. The smallest absolute Gasteiger partial charge is 0.338 e. The van der Waals surface area contributed by atoms with Gasteiger partial charge in [-0.2, -0.15) is 0 Å². The van der Waals surface area contributed by atoms with Crippen LogP contribution in [-0.2, 0) is 11.3 Å². The predicted molar refractivity (Wildman–Crippen MR) is 82.2 cm³/mol. The highest BCUT2D eigenvalue weighted by atomic mass is 16.5. The summed E-state index contributed by atoms with van der Waals surface area (Å²) in [6.45, 7) is 2.11. The third-order valence-electron chi connectivity index (χ3n) is 3.26. The van der Waals surface area contributed by atoms with Crippen LogP contribution in [0.5, 0.6) is 0 Å². The first-order chi connectivity index (χ1) is 10.7. The Kier molecular flexibility index (Phi) is 4.01. The summed E-state index contributed by atoms with van der Waals surface area (Å²) in [7, 11) is 0. The van der Waals surface area contributed by atoms with Gasteiger partial charge < -0.3 is 9.26 Å². The number of carbonyl (C=O) groups is 1. The molecule has 4 nitrogen and oxygen atoms in total. The number of ether oxygens (including phenoxy) is 1. The molecule has 110 valence electrons. The van der Waals surface area contributed by atoms with E-state index in [1.165, 1.54) is 5.56 Å². The van der Waals surface area contributed by atoms with Gasteiger partial charge in [0.15, 0.2) is 5.76 Å². The second-order valence-corrected chi connectivity index (χ2v) is 4.99. The van der Waals surface area contributed by atoms with Gasteiger partial charge in [-0.1, -0.05) is 53.2 Å². The van der Waals surface area contributed by atoms with Gasteiger partial charge in [0.05, 0.1) is 5.56 Å². The van der Waals surface area contributed by atoms with Crippen LogP contribution in [0.2, 0.25) is 0 Å². The summed E-state index contributed by atoms with van der Waals surface area (Å²) in [5.74, 6) is 0.284. The number of hydrogen-bond acceptors (Lipinski definition) is 4. The first kappa shape index (κ1) is 14.1. The normalized spacial score (nSPS) is 10.4. The molecule has 0 bridgehead atoms. The van der Waals surface area contributed by atoms with Crippen LogP contribution in [0.25, 0.3) is 11.3 Å². The van der Waals surface area contributed by atoms with Gasteiger partial charge in [0, 0.05) is 11.6 Å². The van der Waals surface area contributed by atoms with Gasteiger partial charge in [-0.25, -0.2) is 4.79 Å². The number of esters is 1. The van der Waals surface area contributed by atoms with E-state index < -0.39 is 0 Å². The van der Waals surface area contributed by atoms with E-state index >= 15 is 0 Å². The lowest BCUT2D eigenvalue weighted by Crippen LogP contribution is -2.04. The van der Waals surface area contributed by atoms with Crippen LogP contribution in [0.4, 0.5) is 0 Å². The number of aryl methyl sites for hydroxylation is 1. The Morgan fingerprint density at radius 1 is 1.09 bits per heavy atom. The molecule has 0 amide bonds. The molecule has 0 N–H and O–H groups in total. The molecule has 0 aliphatic heterocycles. The molecule has 0 saturated heterocycles. The number of carbonyl (C=O) groups excluding carboxylic acids is 1. The van der Waals surface area contributed by atoms with Gasteiger partial charge in [0.25, 0.3) is 0 Å². The van der Waals surface area contributed by atoms with E-state index in [0.29, 0.717) is 17.0 Å². The highest BCUT2D eigenvalue weighted by Gasteiger charge is 2.10. The lowest BCUT2D eigenvalue weighted by atomic mass is 10.1. The summed E-state index contributed by atoms with van der Waals surface area (Å²) in [4.78, 5) is 11.9. The van der Waals surface area contributed by atoms with Crippen molar-refractivity contribution in [2.45, 2.75) is 13.5 Å². The first-order valence-corrected chi connectivity index (χ1v) is 6.97. The third kappa shape index (κ3) is 3.23. The molecule has 1 aromatic heterocycles. The van der Waals surface area contributed by atoms with E-state index in [9.17, 15) is 4.79 Å². The number of benzene rings is 2. The van der Waals surface area contributed by atoms with Crippen LogP contribution in [0.1, 0.15) is 21.6 Å². The highest BCUT2D eigenvalue weighted by molar-refractivity contribution is 5.89. The van der Waals surface area contributed by atoms with Crippen molar-refractivity contribution in [1.82, 2.24) is 5.16 Å². The number of hydrogen-bond donors (Lipinski definition) is 0. The Balaban J connectivity index is 1.65. The monoisotopic (exact) mass is 293 g/mol. The minimum absolute atomic E-state index is 0.0864. The maximum absolute atomic E-state index is 11.9. The van der Waals surface area contributed by atoms with Gasteiger partial charge in [0.2, 0.25) is 0 Å². The fourth-order valence-corrected chi connectivity index (χ4v) is 2.03. The van der Waals surface area contributed by atoms with Gasteiger partial charge in [-0.3, -0.25) is 0 Å². The molecule has 0 aliphatic rings. The van der Waals surface area contributed by atoms with Gasteiger partial charge in [0.1, 0.15) is 12.3 Å². The van der Waals surface area contributed by atoms with Gasteiger partial charge in [-0.05, 0) is 19.1 Å². The van der Waals surface area contributed by atoms with Crippen LogP contribution < -0.4 is 0 Å². The van der Waals surface area contributed by atoms with Crippen LogP contribution in [0, 0.1) is 6.92 Å². The SMILES string of the molecule is Cc1ccc(-c2cc(COC(=O)c3ccccc3)no2)cc1. The molecule has 3 aromatic rings. The molecule has 3 rings (SSSR count). The van der Waals surface area contributed by atoms with Crippen molar-refractivity contribution in [2.75, 3.05) is 0 Å². The maximum atomic E-state index is 11.9. The Morgan fingerprint density at radius 3 is 2.55 bits per heavy atom. The standard InChI is InChI=1S/C18H15NO3/c1-13-7-9-14(10-8-13)17-11-16(19-22-17)12-21-18(20)15-5-3-2-4-6-15/h2-11H,12H2,1H3. The molecule has 0 aliphatic carbocycles. The fraction of sp³-hybridized carbons (Fsp3) is 0.111. The molecule has 4 heteroatoms. The van der Waals surface area contributed by atoms with Crippen LogP contribution in [0.15, 0.2) is 65.2 Å². The van der Waals surface area contributed by atoms with Crippen LogP contribution >= 0.6 is 0 Å². The van der Waals surface area contributed by atoms with Crippen molar-refractivity contribution in [1.29, 1.82) is 0 Å². The summed E-state index contributed by atoms with van der Waals surface area (Å²) in [5.41, 5.74) is 3.23. The van der Waals surface area contributed by atoms with Crippen molar-refractivity contribution >= 4 is 5.97 Å². The molecule has 0 saturated carbocycles. The minimum Gasteiger partial charge on any atom is -0.455 e. The molecule has 0 spiro atoms. The zero-order valence-corrected chi connectivity index (χ0v) is 12.2. The Hall–Kier alpha value is -2.88. The van der Waals surface area contributed by atoms with E-state index in [1.807, 2.05) is 37.3 Å². The molecule has 2 aromatic carbocycles. The summed E-state index contributed by atoms with van der Waals surface area (Å²) < 4.78 is 10.5. The van der Waals surface area contributed by atoms with Crippen molar-refractivity contribution in [3.63, 3.8) is 0 Å². The number of rotatable bonds is 4. The molecule has 0 radical (unpaired) electrons. The summed E-state index contributed by atoms with van der Waals surface area (Å²) in [5, 5.41) is 3.93. The van der Waals surface area contributed by atoms with E-state index in [2.05, 4.69) is 5.16 Å². The van der Waals surface area contributed by atoms with Crippen molar-refractivity contribution < 1.29 is 14.1 Å². The second kappa shape index (κ2) is 6.26. The lowest BCUT2D eigenvalue weighted by molar-refractivity contribution is 0.0464. The Morgan fingerprint density at radius 2 is 1.82 bits per heavy atom. The lowest BCUT2D eigenvalue weighted by Gasteiger charge is -2.01. The molecule has 1 heterocycles. The largest absolute Gasteiger partial charge is 0.455 e. The Bertz CT molecular complexity index is 761. The number of nitrogens with zero attached hydrogens (tertiary/aromatic N) is 1. The third-order valence-corrected chi connectivity index (χ3v) is 3.26. The molecular weight excluding hydrogens is 278 g/mol. The molecule has 0 fully saturated rings. The maximum Gasteiger partial charge on any atom is 0.338 e. The first-order valence-electron chi connectivity index (χ1n) is 6.97. The van der Waals surface area contributed by atoms with Crippen molar-refractivity contribution in [3.8, 4) is 11.3 Å². The zero-order valence-electron chi connectivity index (χ0n) is 12.2. The van der Waals surface area contributed by atoms with Crippen molar-refractivity contribution in [3.05, 3.63) is 77.5 Å². The summed E-state index contributed by atoms with van der Waals surface area (Å²) in [6.07, 6.45) is 0. The van der Waals surface area contributed by atoms with Crippen LogP contribution in [-0.4, -0.2) is 11.1 Å². The molecule has 0 unspecified atom stereocenters. The van der Waals surface area contributed by atoms with Crippen LogP contribution in [0.3, 0.4) is 0 Å². The fourth-order valence-electron chi connectivity index (χ4n) is 2.03. The highest BCUT2D eigenvalue weighted by Crippen LogP contribution is 2.21. The summed E-state index contributed by atoms with van der Waals surface area (Å²) in [6, 6.07) is 18.6. The topological polar surface area (TPSA) is 52.3 Å². The van der Waals surface area contributed by atoms with Crippen molar-refractivity contribution in [2.24, 2.45) is 0 Å². The van der Waals surface area contributed by atoms with E-state index in [1.54, 1.807) is 30.3 Å². The summed E-state index contributed by atoms with van der Waals surface area (Å²) >= 11 is 0. The predicted octanol–water partition coefficient (Wildman–Crippen LogP) is 4.01.